The number of amides is 3. The van der Waals surface area contributed by atoms with Crippen molar-refractivity contribution >= 4 is 23.4 Å². The fraction of sp³-hybridized carbons (Fsp3) is 0.414. The quantitative estimate of drug-likeness (QED) is 0.381. The van der Waals surface area contributed by atoms with Crippen molar-refractivity contribution in [3.8, 4) is 17.2 Å². The maximum Gasteiger partial charge on any atom is 0.322 e. The zero-order chi connectivity index (χ0) is 28.0. The van der Waals surface area contributed by atoms with E-state index in [2.05, 4.69) is 31.4 Å². The monoisotopic (exact) mass is 521 g/mol. The molecule has 1 heterocycles. The smallest absolute Gasteiger partial charge is 0.322 e. The third kappa shape index (κ3) is 7.50. The van der Waals surface area contributed by atoms with Crippen LogP contribution in [0.1, 0.15) is 45.9 Å². The van der Waals surface area contributed by atoms with Crippen LogP contribution in [0.15, 0.2) is 48.5 Å². The highest BCUT2D eigenvalue weighted by Crippen LogP contribution is 2.27. The summed E-state index contributed by atoms with van der Waals surface area (Å²) in [6.45, 7) is 12.5. The van der Waals surface area contributed by atoms with Crippen LogP contribution in [0.3, 0.4) is 0 Å². The zero-order valence-corrected chi connectivity index (χ0v) is 23.6. The number of benzene rings is 2. The lowest BCUT2D eigenvalue weighted by atomic mass is 9.92. The maximum atomic E-state index is 13.2. The summed E-state index contributed by atoms with van der Waals surface area (Å²) < 4.78 is 12.3. The number of urea groups is 1. The SMILES string of the molecule is COc1cc(NC(=O)N(CC(=O)Nc2cc(C(C)(C)C)nn2-c2ccc(C)cc2)CC(C)C)cc(OC)c1. The van der Waals surface area contributed by atoms with E-state index in [4.69, 9.17) is 14.6 Å². The number of hydrogen-bond donors (Lipinski definition) is 2. The number of hydrogen-bond acceptors (Lipinski definition) is 5. The van der Waals surface area contributed by atoms with Crippen LogP contribution in [0.2, 0.25) is 0 Å². The van der Waals surface area contributed by atoms with Crippen molar-refractivity contribution in [3.63, 3.8) is 0 Å². The molecule has 0 fully saturated rings. The molecule has 1 aromatic heterocycles. The minimum Gasteiger partial charge on any atom is -0.497 e. The number of nitrogens with one attached hydrogen (secondary N) is 2. The molecule has 0 aliphatic heterocycles. The molecule has 0 saturated heterocycles. The van der Waals surface area contributed by atoms with Crippen molar-refractivity contribution < 1.29 is 19.1 Å². The van der Waals surface area contributed by atoms with Crippen LogP contribution in [-0.2, 0) is 10.2 Å². The summed E-state index contributed by atoms with van der Waals surface area (Å²) in [5.41, 5.74) is 3.11. The molecule has 3 rings (SSSR count). The van der Waals surface area contributed by atoms with Gasteiger partial charge < -0.3 is 25.0 Å². The van der Waals surface area contributed by atoms with Gasteiger partial charge in [-0.05, 0) is 25.0 Å². The van der Waals surface area contributed by atoms with Gasteiger partial charge in [0.25, 0.3) is 0 Å². The fourth-order valence-corrected chi connectivity index (χ4v) is 3.82. The molecule has 0 aliphatic rings. The first-order valence-corrected chi connectivity index (χ1v) is 12.7. The third-order valence-corrected chi connectivity index (χ3v) is 5.83. The number of carbonyl (C=O) groups excluding carboxylic acids is 2. The Kier molecular flexibility index (Phi) is 9.04. The van der Waals surface area contributed by atoms with Crippen molar-refractivity contribution in [2.24, 2.45) is 5.92 Å². The predicted molar refractivity (Wildman–Crippen MR) is 151 cm³/mol. The molecule has 9 nitrogen and oxygen atoms in total. The van der Waals surface area contributed by atoms with Crippen LogP contribution in [0.5, 0.6) is 11.5 Å². The van der Waals surface area contributed by atoms with Gasteiger partial charge in [-0.2, -0.15) is 5.10 Å². The van der Waals surface area contributed by atoms with Gasteiger partial charge >= 0.3 is 6.03 Å². The number of ether oxygens (including phenoxy) is 2. The van der Waals surface area contributed by atoms with Gasteiger partial charge in [0.1, 0.15) is 23.9 Å². The summed E-state index contributed by atoms with van der Waals surface area (Å²) in [7, 11) is 3.09. The van der Waals surface area contributed by atoms with Crippen molar-refractivity contribution in [2.45, 2.75) is 47.0 Å². The zero-order valence-electron chi connectivity index (χ0n) is 23.6. The van der Waals surface area contributed by atoms with Crippen LogP contribution < -0.4 is 20.1 Å². The van der Waals surface area contributed by atoms with E-state index in [1.807, 2.05) is 51.1 Å². The lowest BCUT2D eigenvalue weighted by molar-refractivity contribution is -0.116. The van der Waals surface area contributed by atoms with E-state index in [0.29, 0.717) is 29.5 Å². The van der Waals surface area contributed by atoms with E-state index in [-0.39, 0.29) is 23.8 Å². The van der Waals surface area contributed by atoms with Crippen molar-refractivity contribution in [3.05, 3.63) is 59.8 Å². The maximum absolute atomic E-state index is 13.2. The van der Waals surface area contributed by atoms with Crippen LogP contribution in [0, 0.1) is 12.8 Å². The summed E-state index contributed by atoms with van der Waals surface area (Å²) in [6.07, 6.45) is 0. The lowest BCUT2D eigenvalue weighted by Crippen LogP contribution is -2.42. The first kappa shape index (κ1) is 28.6. The lowest BCUT2D eigenvalue weighted by Gasteiger charge is -2.24. The second-order valence-electron chi connectivity index (χ2n) is 10.8. The fourth-order valence-electron chi connectivity index (χ4n) is 3.82. The number of anilines is 2. The molecule has 9 heteroatoms. The molecule has 0 saturated carbocycles. The Morgan fingerprint density at radius 1 is 0.974 bits per heavy atom. The Bertz CT molecular complexity index is 1240. The van der Waals surface area contributed by atoms with Gasteiger partial charge in [0.05, 0.1) is 25.6 Å². The highest BCUT2D eigenvalue weighted by molar-refractivity contribution is 5.97. The largest absolute Gasteiger partial charge is 0.497 e. The van der Waals surface area contributed by atoms with Gasteiger partial charge in [-0.25, -0.2) is 9.48 Å². The topological polar surface area (TPSA) is 97.7 Å². The highest BCUT2D eigenvalue weighted by Gasteiger charge is 2.24. The molecule has 38 heavy (non-hydrogen) atoms. The standard InChI is InChI=1S/C29H39N5O4/c1-19(2)17-33(28(36)30-21-13-23(37-7)15-24(14-21)38-8)18-27(35)31-26-16-25(29(4,5)6)32-34(26)22-11-9-20(3)10-12-22/h9-16,19H,17-18H2,1-8H3,(H,30,36)(H,31,35). The van der Waals surface area contributed by atoms with E-state index in [1.54, 1.807) is 37.1 Å². The Morgan fingerprint density at radius 3 is 2.11 bits per heavy atom. The summed E-state index contributed by atoms with van der Waals surface area (Å²) >= 11 is 0. The number of carbonyl (C=O) groups is 2. The van der Waals surface area contributed by atoms with Crippen molar-refractivity contribution in [1.29, 1.82) is 0 Å². The van der Waals surface area contributed by atoms with E-state index < -0.39 is 6.03 Å². The Balaban J connectivity index is 1.82. The number of nitrogens with zero attached hydrogens (tertiary/aromatic N) is 3. The number of rotatable bonds is 9. The number of methoxy groups -OCH3 is 2. The molecule has 0 unspecified atom stereocenters. The van der Waals surface area contributed by atoms with Crippen LogP contribution in [-0.4, -0.2) is 53.9 Å². The summed E-state index contributed by atoms with van der Waals surface area (Å²) in [4.78, 5) is 28.0. The number of aromatic nitrogens is 2. The predicted octanol–water partition coefficient (Wildman–Crippen LogP) is 5.62. The van der Waals surface area contributed by atoms with Crippen molar-refractivity contribution in [2.75, 3.05) is 37.9 Å². The van der Waals surface area contributed by atoms with Gasteiger partial charge in [0, 0.05) is 41.9 Å². The molecule has 0 spiro atoms. The average molecular weight is 522 g/mol. The molecular formula is C29H39N5O4. The molecule has 3 amide bonds. The Hall–Kier alpha value is -4.01. The van der Waals surface area contributed by atoms with E-state index >= 15 is 0 Å². The normalized spacial score (nSPS) is 11.3. The second kappa shape index (κ2) is 12.0. The van der Waals surface area contributed by atoms with Crippen LogP contribution >= 0.6 is 0 Å². The van der Waals surface area contributed by atoms with E-state index in [0.717, 1.165) is 16.9 Å². The minimum atomic E-state index is -0.397. The Labute approximate surface area is 225 Å². The first-order valence-electron chi connectivity index (χ1n) is 12.7. The second-order valence-corrected chi connectivity index (χ2v) is 10.8. The Morgan fingerprint density at radius 2 is 1.58 bits per heavy atom. The van der Waals surface area contributed by atoms with Crippen LogP contribution in [0.4, 0.5) is 16.3 Å². The van der Waals surface area contributed by atoms with Crippen LogP contribution in [0.25, 0.3) is 5.69 Å². The van der Waals surface area contributed by atoms with Gasteiger partial charge in [-0.1, -0.05) is 52.3 Å². The summed E-state index contributed by atoms with van der Waals surface area (Å²) in [5, 5.41) is 10.6. The van der Waals surface area contributed by atoms with Gasteiger partial charge in [-0.3, -0.25) is 4.79 Å². The van der Waals surface area contributed by atoms with Gasteiger partial charge in [0.15, 0.2) is 0 Å². The van der Waals surface area contributed by atoms with Crippen molar-refractivity contribution in [1.82, 2.24) is 14.7 Å². The number of aryl methyl sites for hydroxylation is 1. The molecule has 2 aromatic carbocycles. The highest BCUT2D eigenvalue weighted by atomic mass is 16.5. The summed E-state index contributed by atoms with van der Waals surface area (Å²) in [5.74, 6) is 1.47. The molecule has 2 N–H and O–H groups in total. The molecule has 0 aliphatic carbocycles. The van der Waals surface area contributed by atoms with E-state index in [1.165, 1.54) is 4.90 Å². The van der Waals surface area contributed by atoms with E-state index in [9.17, 15) is 9.59 Å². The first-order chi connectivity index (χ1) is 17.9. The average Bonchev–Trinajstić information content (AvgIpc) is 3.27. The minimum absolute atomic E-state index is 0.130. The molecular weight excluding hydrogens is 482 g/mol. The molecule has 0 atom stereocenters. The molecule has 0 radical (unpaired) electrons. The third-order valence-electron chi connectivity index (χ3n) is 5.83. The molecule has 3 aromatic rings. The molecule has 0 bridgehead atoms. The molecule has 204 valence electrons. The summed E-state index contributed by atoms with van der Waals surface area (Å²) in [6, 6.07) is 14.5. The van der Waals surface area contributed by atoms with Gasteiger partial charge in [0.2, 0.25) is 5.91 Å². The van der Waals surface area contributed by atoms with Gasteiger partial charge in [-0.15, -0.1) is 0 Å².